The molecule has 4 aromatic rings. The van der Waals surface area contributed by atoms with Crippen LogP contribution in [0.15, 0.2) is 72.8 Å². The first-order valence-electron chi connectivity index (χ1n) is 13.2. The average Bonchev–Trinajstić information content (AvgIpc) is 3.67. The Morgan fingerprint density at radius 3 is 2.31 bits per heavy atom. The number of hydrogen-bond donors (Lipinski definition) is 1. The number of carbonyl (C=O) groups excluding carboxylic acids is 1. The molecule has 39 heavy (non-hydrogen) atoms. The van der Waals surface area contributed by atoms with Crippen molar-refractivity contribution >= 4 is 34.4 Å². The number of rotatable bonds is 10. The minimum Gasteiger partial charge on any atom is -0.479 e. The van der Waals surface area contributed by atoms with Crippen LogP contribution in [-0.2, 0) is 16.1 Å². The van der Waals surface area contributed by atoms with Gasteiger partial charge in [-0.2, -0.15) is 0 Å². The quantitative estimate of drug-likeness (QED) is 0.249. The van der Waals surface area contributed by atoms with Crippen LogP contribution in [-0.4, -0.2) is 47.7 Å². The van der Waals surface area contributed by atoms with Crippen LogP contribution < -0.4 is 4.90 Å². The number of hydrogen-bond acceptors (Lipinski definition) is 4. The number of nitrogens with zero attached hydrogens (tertiary/aromatic N) is 2. The van der Waals surface area contributed by atoms with Gasteiger partial charge in [0.05, 0.1) is 17.7 Å². The Balaban J connectivity index is 1.41. The van der Waals surface area contributed by atoms with Gasteiger partial charge in [-0.1, -0.05) is 72.3 Å². The van der Waals surface area contributed by atoms with Gasteiger partial charge >= 0.3 is 5.97 Å². The van der Waals surface area contributed by atoms with Crippen molar-refractivity contribution in [3.63, 3.8) is 0 Å². The minimum absolute atomic E-state index is 0.0347. The third-order valence-corrected chi connectivity index (χ3v) is 7.55. The van der Waals surface area contributed by atoms with Gasteiger partial charge < -0.3 is 19.3 Å². The highest BCUT2D eigenvalue weighted by Gasteiger charge is 2.51. The Labute approximate surface area is 229 Å². The molecule has 0 atom stereocenters. The molecule has 1 aromatic heterocycles. The summed E-state index contributed by atoms with van der Waals surface area (Å²) < 4.78 is 7.77. The maximum Gasteiger partial charge on any atom is 0.335 e. The fraction of sp³-hybridized carbons (Fsp3) is 0.273. The minimum atomic E-state index is -0.974. The van der Waals surface area contributed by atoms with Crippen LogP contribution >= 0.6 is 0 Å². The molecule has 1 heterocycles. The molecule has 0 bridgehead atoms. The van der Waals surface area contributed by atoms with E-state index in [0.29, 0.717) is 24.9 Å². The molecule has 200 valence electrons. The fourth-order valence-electron chi connectivity index (χ4n) is 4.93. The van der Waals surface area contributed by atoms with E-state index < -0.39 is 11.6 Å². The SMILES string of the molecule is Cc1ccc(C(=O)c2c(C)n(Cc3ccc(/C=C/COC4(C(=O)O)CC4)cc3)c3cc(N(C)C)ccc23)cc1. The zero-order chi connectivity index (χ0) is 27.7. The van der Waals surface area contributed by atoms with Crippen LogP contribution in [0.4, 0.5) is 5.69 Å². The Morgan fingerprint density at radius 1 is 1.00 bits per heavy atom. The largest absolute Gasteiger partial charge is 0.479 e. The molecule has 0 radical (unpaired) electrons. The Bertz CT molecular complexity index is 1560. The maximum absolute atomic E-state index is 13.7. The number of ketones is 1. The highest BCUT2D eigenvalue weighted by molar-refractivity contribution is 6.17. The second-order valence-electron chi connectivity index (χ2n) is 10.6. The summed E-state index contributed by atoms with van der Waals surface area (Å²) in [6.07, 6.45) is 4.95. The van der Waals surface area contributed by atoms with Gasteiger partial charge in [-0.25, -0.2) is 4.79 Å². The lowest BCUT2D eigenvalue weighted by Gasteiger charge is -2.14. The van der Waals surface area contributed by atoms with Crippen molar-refractivity contribution < 1.29 is 19.4 Å². The normalized spacial score (nSPS) is 14.2. The second kappa shape index (κ2) is 10.5. The molecule has 0 unspecified atom stereocenters. The van der Waals surface area contributed by atoms with E-state index in [1.165, 1.54) is 0 Å². The Morgan fingerprint density at radius 2 is 1.69 bits per heavy atom. The van der Waals surface area contributed by atoms with Crippen molar-refractivity contribution in [2.24, 2.45) is 0 Å². The third-order valence-electron chi connectivity index (χ3n) is 7.55. The first-order chi connectivity index (χ1) is 18.7. The van der Waals surface area contributed by atoms with Crippen molar-refractivity contribution in [3.8, 4) is 0 Å². The number of carboxylic acid groups (broad SMARTS) is 1. The summed E-state index contributed by atoms with van der Waals surface area (Å²) in [4.78, 5) is 27.0. The van der Waals surface area contributed by atoms with E-state index in [2.05, 4.69) is 39.8 Å². The summed E-state index contributed by atoms with van der Waals surface area (Å²) in [5.41, 5.74) is 6.77. The predicted molar refractivity (Wildman–Crippen MR) is 156 cm³/mol. The summed E-state index contributed by atoms with van der Waals surface area (Å²) in [6.45, 7) is 4.95. The molecule has 3 aromatic carbocycles. The number of benzene rings is 3. The van der Waals surface area contributed by atoms with Gasteiger partial charge in [0, 0.05) is 43.0 Å². The van der Waals surface area contributed by atoms with E-state index in [0.717, 1.165) is 44.5 Å². The van der Waals surface area contributed by atoms with Gasteiger partial charge in [0.1, 0.15) is 0 Å². The van der Waals surface area contributed by atoms with E-state index in [-0.39, 0.29) is 12.4 Å². The highest BCUT2D eigenvalue weighted by atomic mass is 16.5. The third kappa shape index (κ3) is 5.38. The summed E-state index contributed by atoms with van der Waals surface area (Å²) >= 11 is 0. The van der Waals surface area contributed by atoms with Crippen molar-refractivity contribution in [2.75, 3.05) is 25.6 Å². The number of aromatic nitrogens is 1. The van der Waals surface area contributed by atoms with Gasteiger partial charge in [-0.3, -0.25) is 4.79 Å². The molecule has 1 fully saturated rings. The van der Waals surface area contributed by atoms with Gasteiger partial charge in [0.15, 0.2) is 11.4 Å². The van der Waals surface area contributed by atoms with E-state index in [4.69, 9.17) is 4.74 Å². The zero-order valence-electron chi connectivity index (χ0n) is 22.9. The van der Waals surface area contributed by atoms with Gasteiger partial charge in [-0.15, -0.1) is 0 Å². The number of ether oxygens (including phenoxy) is 1. The topological polar surface area (TPSA) is 71.8 Å². The number of carbonyl (C=O) groups is 2. The smallest absolute Gasteiger partial charge is 0.335 e. The van der Waals surface area contributed by atoms with Crippen molar-refractivity contribution in [1.82, 2.24) is 4.57 Å². The molecule has 0 amide bonds. The molecule has 6 nitrogen and oxygen atoms in total. The monoisotopic (exact) mass is 522 g/mol. The molecule has 1 aliphatic carbocycles. The van der Waals surface area contributed by atoms with E-state index in [9.17, 15) is 14.7 Å². The van der Waals surface area contributed by atoms with Crippen LogP contribution in [0.2, 0.25) is 0 Å². The maximum atomic E-state index is 13.7. The van der Waals surface area contributed by atoms with Gasteiger partial charge in [0.2, 0.25) is 0 Å². The van der Waals surface area contributed by atoms with E-state index >= 15 is 0 Å². The Kier molecular flexibility index (Phi) is 7.15. The van der Waals surface area contributed by atoms with Crippen LogP contribution in [0, 0.1) is 13.8 Å². The molecule has 0 spiro atoms. The molecule has 1 saturated carbocycles. The first kappa shape index (κ1) is 26.4. The van der Waals surface area contributed by atoms with E-state index in [1.807, 2.05) is 76.5 Å². The second-order valence-corrected chi connectivity index (χ2v) is 10.6. The number of aliphatic carboxylic acids is 1. The molecule has 1 aliphatic rings. The van der Waals surface area contributed by atoms with Crippen LogP contribution in [0.1, 0.15) is 51.1 Å². The lowest BCUT2D eigenvalue weighted by atomic mass is 9.99. The van der Waals surface area contributed by atoms with Crippen LogP contribution in [0.5, 0.6) is 0 Å². The number of fused-ring (bicyclic) bond motifs is 1. The summed E-state index contributed by atoms with van der Waals surface area (Å²) in [6, 6.07) is 22.3. The molecule has 0 aliphatic heterocycles. The van der Waals surface area contributed by atoms with Crippen molar-refractivity contribution in [1.29, 1.82) is 0 Å². The average molecular weight is 523 g/mol. The molecular formula is C33H34N2O4. The van der Waals surface area contributed by atoms with Crippen molar-refractivity contribution in [3.05, 3.63) is 106 Å². The number of aryl methyl sites for hydroxylation is 1. The highest BCUT2D eigenvalue weighted by Crippen LogP contribution is 2.39. The standard InChI is InChI=1S/C33H34N2O4/c1-22-7-13-26(14-8-22)31(36)30-23(2)35(29-20-27(34(3)4)15-16-28(29)30)21-25-11-9-24(10-12-25)6-5-19-39-33(17-18-33)32(37)38/h5-16,20H,17-19,21H2,1-4H3,(H,37,38)/b6-5+. The van der Waals surface area contributed by atoms with Crippen molar-refractivity contribution in [2.45, 2.75) is 38.8 Å². The molecule has 5 rings (SSSR count). The molecule has 1 N–H and O–H groups in total. The predicted octanol–water partition coefficient (Wildman–Crippen LogP) is 6.25. The lowest BCUT2D eigenvalue weighted by molar-refractivity contribution is -0.152. The molecular weight excluding hydrogens is 488 g/mol. The summed E-state index contributed by atoms with van der Waals surface area (Å²) in [7, 11) is 4.03. The number of carboxylic acids is 1. The summed E-state index contributed by atoms with van der Waals surface area (Å²) in [5.74, 6) is -0.845. The van der Waals surface area contributed by atoms with Crippen LogP contribution in [0.25, 0.3) is 17.0 Å². The molecule has 6 heteroatoms. The molecule has 0 saturated heterocycles. The number of anilines is 1. The van der Waals surface area contributed by atoms with Gasteiger partial charge in [-0.05, 0) is 49.9 Å². The first-order valence-corrected chi connectivity index (χ1v) is 13.2. The van der Waals surface area contributed by atoms with E-state index in [1.54, 1.807) is 0 Å². The zero-order valence-corrected chi connectivity index (χ0v) is 22.9. The Hall–Kier alpha value is -4.16. The lowest BCUT2D eigenvalue weighted by Crippen LogP contribution is -2.25. The van der Waals surface area contributed by atoms with Crippen LogP contribution in [0.3, 0.4) is 0 Å². The van der Waals surface area contributed by atoms with Gasteiger partial charge in [0.25, 0.3) is 0 Å². The summed E-state index contributed by atoms with van der Waals surface area (Å²) in [5, 5.41) is 10.2. The fourth-order valence-corrected chi connectivity index (χ4v) is 4.93.